The molecule has 44 heavy (non-hydrogen) atoms. The Hall–Kier alpha value is -4.23. The van der Waals surface area contributed by atoms with E-state index in [1.807, 2.05) is 81.4 Å². The summed E-state index contributed by atoms with van der Waals surface area (Å²) in [6.07, 6.45) is -0.251. The second-order valence-corrected chi connectivity index (χ2v) is 12.4. The minimum atomic E-state index is -0.972. The van der Waals surface area contributed by atoms with Crippen LogP contribution in [0.3, 0.4) is 0 Å². The van der Waals surface area contributed by atoms with Gasteiger partial charge in [0.2, 0.25) is 0 Å². The molecule has 2 atom stereocenters. The van der Waals surface area contributed by atoms with Gasteiger partial charge in [-0.3, -0.25) is 9.59 Å². The molecule has 1 aromatic heterocycles. The highest BCUT2D eigenvalue weighted by atomic mass is 19.1. The summed E-state index contributed by atoms with van der Waals surface area (Å²) in [7, 11) is 0. The monoisotopic (exact) mass is 598 g/mol. The molecule has 0 radical (unpaired) electrons. The second-order valence-electron chi connectivity index (χ2n) is 12.4. The van der Waals surface area contributed by atoms with Gasteiger partial charge in [0.1, 0.15) is 11.4 Å². The number of nitrogens with zero attached hydrogens (tertiary/aromatic N) is 1. The van der Waals surface area contributed by atoms with Gasteiger partial charge < -0.3 is 19.7 Å². The van der Waals surface area contributed by atoms with Gasteiger partial charge in [-0.2, -0.15) is 0 Å². The number of anilines is 1. The molecule has 1 heterocycles. The predicted octanol–water partition coefficient (Wildman–Crippen LogP) is 8.77. The molecule has 0 saturated heterocycles. The molecule has 0 spiro atoms. The number of aromatic nitrogens is 1. The summed E-state index contributed by atoms with van der Waals surface area (Å²) in [6.45, 7) is 11.5. The van der Waals surface area contributed by atoms with Gasteiger partial charge >= 0.3 is 5.97 Å². The van der Waals surface area contributed by atoms with Gasteiger partial charge in [0, 0.05) is 23.0 Å². The fourth-order valence-corrected chi connectivity index (χ4v) is 5.70. The van der Waals surface area contributed by atoms with Crippen LogP contribution < -0.4 is 5.32 Å². The Labute approximate surface area is 259 Å². The standard InChI is InChI=1S/C37H43FN2O4/c1-7-29(22-30(41)23-31(42)44-37(4,5)6)40-34(24(2)3)33(36(43)39-28-16-12-9-13-17-28)32(25-14-10-8-11-15-25)35(40)26-18-20-27(38)21-19-26/h8-21,24,29-30,41H,7,22-23H2,1-6H3,(H,39,43)/t29?,30-/m1/s1. The fourth-order valence-electron chi connectivity index (χ4n) is 5.70. The molecule has 2 N–H and O–H groups in total. The molecule has 6 nitrogen and oxygen atoms in total. The molecule has 0 fully saturated rings. The lowest BCUT2D eigenvalue weighted by Gasteiger charge is -2.28. The topological polar surface area (TPSA) is 80.6 Å². The summed E-state index contributed by atoms with van der Waals surface area (Å²) < 4.78 is 21.8. The first-order valence-corrected chi connectivity index (χ1v) is 15.2. The number of hydrogen-bond acceptors (Lipinski definition) is 4. The normalized spacial score (nSPS) is 13.0. The Balaban J connectivity index is 1.96. The first kappa shape index (κ1) is 32.7. The van der Waals surface area contributed by atoms with Crippen LogP contribution in [0.25, 0.3) is 22.4 Å². The minimum absolute atomic E-state index is 0.0970. The number of aliphatic hydroxyl groups excluding tert-OH is 1. The molecule has 232 valence electrons. The largest absolute Gasteiger partial charge is 0.460 e. The third kappa shape index (κ3) is 7.83. The summed E-state index contributed by atoms with van der Waals surface area (Å²) in [5.74, 6) is -1.19. The van der Waals surface area contributed by atoms with Gasteiger partial charge in [0.15, 0.2) is 0 Å². The molecule has 4 rings (SSSR count). The van der Waals surface area contributed by atoms with E-state index in [1.165, 1.54) is 12.1 Å². The number of amides is 1. The molecular formula is C37H43FN2O4. The van der Waals surface area contributed by atoms with E-state index in [4.69, 9.17) is 4.74 Å². The molecule has 0 aliphatic rings. The fraction of sp³-hybridized carbons (Fsp3) is 0.351. The molecule has 3 aromatic carbocycles. The number of carbonyl (C=O) groups is 2. The third-order valence-electron chi connectivity index (χ3n) is 7.43. The quantitative estimate of drug-likeness (QED) is 0.169. The number of aliphatic hydroxyl groups is 1. The Bertz CT molecular complexity index is 1560. The zero-order valence-corrected chi connectivity index (χ0v) is 26.4. The van der Waals surface area contributed by atoms with Crippen molar-refractivity contribution in [3.8, 4) is 22.4 Å². The maximum absolute atomic E-state index is 14.3. The molecule has 4 aromatic rings. The van der Waals surface area contributed by atoms with Gasteiger partial charge in [0.05, 0.1) is 23.8 Å². The lowest BCUT2D eigenvalue weighted by molar-refractivity contribution is -0.157. The Morgan fingerprint density at radius 3 is 2.05 bits per heavy atom. The van der Waals surface area contributed by atoms with E-state index in [1.54, 1.807) is 32.9 Å². The van der Waals surface area contributed by atoms with Crippen LogP contribution >= 0.6 is 0 Å². The zero-order chi connectivity index (χ0) is 32.0. The lowest BCUT2D eigenvalue weighted by Crippen LogP contribution is -2.28. The third-order valence-corrected chi connectivity index (χ3v) is 7.43. The van der Waals surface area contributed by atoms with E-state index in [0.29, 0.717) is 17.7 Å². The SMILES string of the molecule is CCC(C[C@@H](O)CC(=O)OC(C)(C)C)n1c(-c2ccc(F)cc2)c(-c2ccccc2)c(C(=O)Nc2ccccc2)c1C(C)C. The van der Waals surface area contributed by atoms with Crippen molar-refractivity contribution < 1.29 is 23.8 Å². The van der Waals surface area contributed by atoms with E-state index >= 15 is 0 Å². The van der Waals surface area contributed by atoms with Gasteiger partial charge in [-0.25, -0.2) is 4.39 Å². The average molecular weight is 599 g/mol. The van der Waals surface area contributed by atoms with Crippen molar-refractivity contribution in [3.05, 3.63) is 102 Å². The highest BCUT2D eigenvalue weighted by Crippen LogP contribution is 2.45. The van der Waals surface area contributed by atoms with Gasteiger partial charge in [-0.05, 0) is 87.1 Å². The van der Waals surface area contributed by atoms with Crippen molar-refractivity contribution in [1.82, 2.24) is 4.57 Å². The second kappa shape index (κ2) is 14.0. The van der Waals surface area contributed by atoms with E-state index in [-0.39, 0.29) is 36.5 Å². The maximum Gasteiger partial charge on any atom is 0.308 e. The average Bonchev–Trinajstić information content (AvgIpc) is 3.33. The predicted molar refractivity (Wildman–Crippen MR) is 174 cm³/mol. The molecular weight excluding hydrogens is 555 g/mol. The highest BCUT2D eigenvalue weighted by molar-refractivity contribution is 6.12. The molecule has 1 unspecified atom stereocenters. The van der Waals surface area contributed by atoms with Crippen LogP contribution in [0.15, 0.2) is 84.9 Å². The van der Waals surface area contributed by atoms with Crippen LogP contribution in [-0.4, -0.2) is 33.3 Å². The number of para-hydroxylation sites is 1. The molecule has 1 amide bonds. The number of esters is 1. The number of halogens is 1. The summed E-state index contributed by atoms with van der Waals surface area (Å²) in [6, 6.07) is 25.0. The van der Waals surface area contributed by atoms with Crippen molar-refractivity contribution in [2.75, 3.05) is 5.32 Å². The van der Waals surface area contributed by atoms with Crippen LogP contribution in [0.5, 0.6) is 0 Å². The number of ether oxygens (including phenoxy) is 1. The molecule has 7 heteroatoms. The number of nitrogens with one attached hydrogen (secondary N) is 1. The minimum Gasteiger partial charge on any atom is -0.460 e. The molecule has 0 aliphatic heterocycles. The Morgan fingerprint density at radius 1 is 0.909 bits per heavy atom. The van der Waals surface area contributed by atoms with E-state index in [0.717, 1.165) is 28.1 Å². The first-order chi connectivity index (χ1) is 20.9. The highest BCUT2D eigenvalue weighted by Gasteiger charge is 2.34. The maximum atomic E-state index is 14.3. The molecule has 0 saturated carbocycles. The van der Waals surface area contributed by atoms with Gasteiger partial charge in [0.25, 0.3) is 5.91 Å². The van der Waals surface area contributed by atoms with Crippen molar-refractivity contribution >= 4 is 17.6 Å². The smallest absolute Gasteiger partial charge is 0.308 e. The summed E-state index contributed by atoms with van der Waals surface area (Å²) >= 11 is 0. The molecule has 0 bridgehead atoms. The summed E-state index contributed by atoms with van der Waals surface area (Å²) in [5, 5.41) is 14.2. The Morgan fingerprint density at radius 2 is 1.50 bits per heavy atom. The first-order valence-electron chi connectivity index (χ1n) is 15.2. The lowest BCUT2D eigenvalue weighted by atomic mass is 9.94. The zero-order valence-electron chi connectivity index (χ0n) is 26.4. The van der Waals surface area contributed by atoms with Crippen LogP contribution in [0, 0.1) is 5.82 Å². The van der Waals surface area contributed by atoms with Crippen molar-refractivity contribution in [2.45, 2.75) is 84.5 Å². The van der Waals surface area contributed by atoms with Crippen LogP contribution in [0.4, 0.5) is 10.1 Å². The number of rotatable bonds is 11. The number of carbonyl (C=O) groups excluding carboxylic acids is 2. The number of benzene rings is 3. The number of hydrogen-bond donors (Lipinski definition) is 2. The van der Waals surface area contributed by atoms with Crippen molar-refractivity contribution in [2.24, 2.45) is 0 Å². The summed E-state index contributed by atoms with van der Waals surface area (Å²) in [5.41, 5.74) is 4.40. The van der Waals surface area contributed by atoms with Crippen LogP contribution in [-0.2, 0) is 9.53 Å². The van der Waals surface area contributed by atoms with Gasteiger partial charge in [-0.1, -0.05) is 69.3 Å². The Kier molecular flexibility index (Phi) is 10.4. The van der Waals surface area contributed by atoms with E-state index in [9.17, 15) is 19.1 Å². The van der Waals surface area contributed by atoms with E-state index < -0.39 is 17.7 Å². The van der Waals surface area contributed by atoms with Crippen molar-refractivity contribution in [3.63, 3.8) is 0 Å². The molecule has 0 aliphatic carbocycles. The van der Waals surface area contributed by atoms with Gasteiger partial charge in [-0.15, -0.1) is 0 Å². The summed E-state index contributed by atoms with van der Waals surface area (Å²) in [4.78, 5) is 26.9. The van der Waals surface area contributed by atoms with Crippen LogP contribution in [0.2, 0.25) is 0 Å². The van der Waals surface area contributed by atoms with E-state index in [2.05, 4.69) is 9.88 Å². The van der Waals surface area contributed by atoms with Crippen LogP contribution in [0.1, 0.15) is 88.8 Å². The van der Waals surface area contributed by atoms with Crippen molar-refractivity contribution in [1.29, 1.82) is 0 Å².